The second-order valence-corrected chi connectivity index (χ2v) is 0.283. The molecule has 0 saturated carbocycles. The summed E-state index contributed by atoms with van der Waals surface area (Å²) in [6.07, 6.45) is -1.83. The maximum Gasteiger partial charge on any atom is 2.00 e. The fourth-order valence-electron chi connectivity index (χ4n) is 0. The molecule has 0 aliphatic carbocycles. The van der Waals surface area contributed by atoms with Gasteiger partial charge < -0.3 is 15.7 Å². The minimum atomic E-state index is -1.83. The van der Waals surface area contributed by atoms with Crippen LogP contribution in [0.1, 0.15) is 0 Å². The zero-order valence-corrected chi connectivity index (χ0v) is 6.39. The largest absolute Gasteiger partial charge is 2.00 e. The van der Waals surface area contributed by atoms with E-state index in [0.717, 1.165) is 0 Å². The molecule has 0 aromatic heterocycles. The van der Waals surface area contributed by atoms with Crippen molar-refractivity contribution in [2.45, 2.75) is 0 Å². The van der Waals surface area contributed by atoms with E-state index in [1.54, 1.807) is 0 Å². The summed E-state index contributed by atoms with van der Waals surface area (Å²) >= 11 is 0. The Hall–Kier alpha value is 0.711. The van der Waals surface area contributed by atoms with Crippen LogP contribution in [0.4, 0.5) is 4.79 Å². The van der Waals surface area contributed by atoms with Gasteiger partial charge in [-0.15, -0.1) is 0 Å². The van der Waals surface area contributed by atoms with Crippen LogP contribution in [0.15, 0.2) is 0 Å². The van der Waals surface area contributed by atoms with E-state index in [2.05, 4.69) is 0 Å². The molecule has 2 N–H and O–H groups in total. The summed E-state index contributed by atoms with van der Waals surface area (Å²) in [5, 5.41) is 13.9. The van der Waals surface area contributed by atoms with Gasteiger partial charge in [-0.2, -0.15) is 0 Å². The van der Waals surface area contributed by atoms with Gasteiger partial charge in [0.15, 0.2) is 0 Å². The molecule has 0 unspecified atom stereocenters. The molecule has 0 aliphatic heterocycles. The first-order valence-corrected chi connectivity index (χ1v) is 0.651. The number of carboxylic acid groups (broad SMARTS) is 2. The van der Waals surface area contributed by atoms with Crippen molar-refractivity contribution in [1.82, 2.24) is 0 Å². The predicted molar refractivity (Wildman–Crippen MR) is 17.1 cm³/mol. The maximum atomic E-state index is 8.56. The Bertz CT molecular complexity index is 30.5. The maximum absolute atomic E-state index is 8.56. The zero-order valence-electron chi connectivity index (χ0n) is 2.92. The monoisotopic (exact) mass is 166 g/mol. The summed E-state index contributed by atoms with van der Waals surface area (Å²) in [7, 11) is 0. The van der Waals surface area contributed by atoms with Crippen LogP contribution in [-0.4, -0.2) is 61.9 Å². The first-order chi connectivity index (χ1) is 1.73. The van der Waals surface area contributed by atoms with E-state index >= 15 is 0 Å². The fraction of sp³-hybridized carbons (Fsp3) is 0. The Labute approximate surface area is 71.4 Å². The Morgan fingerprint density at radius 2 is 1.33 bits per heavy atom. The third-order valence-electron chi connectivity index (χ3n) is 0. The van der Waals surface area contributed by atoms with Gasteiger partial charge in [0, 0.05) is 0 Å². The van der Waals surface area contributed by atoms with Crippen molar-refractivity contribution in [3.05, 3.63) is 0 Å². The summed E-state index contributed by atoms with van der Waals surface area (Å²) in [5.74, 6) is 0. The van der Waals surface area contributed by atoms with Gasteiger partial charge in [0.1, 0.15) is 0 Å². The Balaban J connectivity index is -0.0000000450. The van der Waals surface area contributed by atoms with Gasteiger partial charge >= 0.3 is 51.6 Å². The molecular weight excluding hydrogens is 164 g/mol. The molecule has 0 amide bonds. The molecule has 0 saturated heterocycles. The van der Waals surface area contributed by atoms with Gasteiger partial charge in [-0.25, -0.2) is 4.79 Å². The molecule has 0 aromatic carbocycles. The molecule has 0 aliphatic rings. The van der Waals surface area contributed by atoms with Gasteiger partial charge in [0.05, 0.1) is 0 Å². The fourth-order valence-corrected chi connectivity index (χ4v) is 0. The van der Waals surface area contributed by atoms with Crippen LogP contribution < -0.4 is 0 Å². The molecule has 0 bridgehead atoms. The number of hydrogen-bond donors (Lipinski definition) is 2. The van der Waals surface area contributed by atoms with Crippen molar-refractivity contribution < 1.29 is 20.5 Å². The van der Waals surface area contributed by atoms with E-state index in [9.17, 15) is 0 Å². The number of carbonyl (C=O) groups is 1. The average Bonchev–Trinajstić information content (AvgIpc) is 0.811. The summed E-state index contributed by atoms with van der Waals surface area (Å²) in [5.41, 5.74) is 0. The van der Waals surface area contributed by atoms with Gasteiger partial charge in [-0.1, -0.05) is 0 Å². The first-order valence-electron chi connectivity index (χ1n) is 0.651. The topological polar surface area (TPSA) is 86.0 Å². The molecule has 6 heavy (non-hydrogen) atoms. The van der Waals surface area contributed by atoms with Crippen LogP contribution in [0.25, 0.3) is 0 Å². The smallest absolute Gasteiger partial charge is 2.00 e. The summed E-state index contributed by atoms with van der Waals surface area (Å²) in [4.78, 5) is 8.56. The minimum Gasteiger partial charge on any atom is -2.00 e. The van der Waals surface area contributed by atoms with Crippen molar-refractivity contribution in [2.24, 2.45) is 0 Å². The molecule has 0 heterocycles. The van der Waals surface area contributed by atoms with E-state index < -0.39 is 6.16 Å². The normalized spacial score (nSPS) is 4.00. The Morgan fingerprint density at radius 1 is 1.33 bits per heavy atom. The van der Waals surface area contributed by atoms with Crippen molar-refractivity contribution in [2.75, 3.05) is 0 Å². The van der Waals surface area contributed by atoms with Crippen molar-refractivity contribution in [3.63, 3.8) is 0 Å². The average molecular weight is 166 g/mol. The first kappa shape index (κ1) is 15.9. The Kier molecular flexibility index (Phi) is 24.4. The molecule has 5 heteroatoms. The molecule has 0 radical (unpaired) electrons. The van der Waals surface area contributed by atoms with Gasteiger partial charge in [-0.3, -0.25) is 0 Å². The molecule has 0 spiro atoms. The van der Waals surface area contributed by atoms with Gasteiger partial charge in [-0.05, 0) is 0 Å². The van der Waals surface area contributed by atoms with Gasteiger partial charge in [0.25, 0.3) is 0 Å². The van der Waals surface area contributed by atoms with E-state index in [1.165, 1.54) is 0 Å². The second kappa shape index (κ2) is 9.20. The zero-order chi connectivity index (χ0) is 3.58. The summed E-state index contributed by atoms with van der Waals surface area (Å²) in [6.45, 7) is 0. The number of hydrogen-bond acceptors (Lipinski definition) is 1. The third-order valence-corrected chi connectivity index (χ3v) is 0. The molecule has 0 aromatic rings. The Morgan fingerprint density at radius 3 is 1.33 bits per heavy atom. The van der Waals surface area contributed by atoms with E-state index in [0.29, 0.717) is 0 Å². The quantitative estimate of drug-likeness (QED) is 0.485. The van der Waals surface area contributed by atoms with Crippen molar-refractivity contribution in [3.8, 4) is 0 Å². The van der Waals surface area contributed by atoms with E-state index in [-0.39, 0.29) is 51.0 Å². The summed E-state index contributed by atoms with van der Waals surface area (Å²) in [6, 6.07) is 0. The third kappa shape index (κ3) is 128. The molecule has 32 valence electrons. The van der Waals surface area contributed by atoms with Gasteiger partial charge in [0.2, 0.25) is 0 Å². The van der Waals surface area contributed by atoms with E-state index in [4.69, 9.17) is 15.0 Å². The molecule has 4 nitrogen and oxygen atoms in total. The molecule has 0 atom stereocenters. The van der Waals surface area contributed by atoms with Crippen LogP contribution in [-0.2, 0) is 5.48 Å². The summed E-state index contributed by atoms with van der Waals surface area (Å²) < 4.78 is 0. The van der Waals surface area contributed by atoms with Crippen LogP contribution in [0.5, 0.6) is 0 Å². The minimum absolute atomic E-state index is 0. The molecular formula is CH2O4Sr. The SMILES string of the molecule is O=C(O)O.[O-2].[Sr+2]. The van der Waals surface area contributed by atoms with Crippen LogP contribution in [0, 0.1) is 0 Å². The second-order valence-electron chi connectivity index (χ2n) is 0.283. The molecule has 0 fully saturated rings. The van der Waals surface area contributed by atoms with Crippen LogP contribution >= 0.6 is 0 Å². The van der Waals surface area contributed by atoms with Crippen molar-refractivity contribution >= 4 is 51.6 Å². The van der Waals surface area contributed by atoms with Crippen LogP contribution in [0.3, 0.4) is 0 Å². The molecule has 0 rings (SSSR count). The number of rotatable bonds is 0. The van der Waals surface area contributed by atoms with E-state index in [1.807, 2.05) is 0 Å². The van der Waals surface area contributed by atoms with Crippen LogP contribution in [0.2, 0.25) is 0 Å². The van der Waals surface area contributed by atoms with Crippen molar-refractivity contribution in [1.29, 1.82) is 0 Å². The standard InChI is InChI=1S/CH2O3.O.Sr/c2-1(3)4;;/h(H2,2,3,4);;/q;-2;+2. The predicted octanol–water partition coefficient (Wildman–Crippen LogP) is -0.277.